The van der Waals surface area contributed by atoms with Gasteiger partial charge in [0.2, 0.25) is 0 Å². The molecule has 0 aromatic heterocycles. The number of hydrogen-bond donors (Lipinski definition) is 0. The maximum Gasteiger partial charge on any atom is 0.312 e. The lowest BCUT2D eigenvalue weighted by atomic mass is 9.57. The Morgan fingerprint density at radius 3 is 2.94 bits per heavy atom. The molecule has 4 aliphatic rings. The Kier molecular flexibility index (Phi) is 1.36. The van der Waals surface area contributed by atoms with Gasteiger partial charge in [-0.1, -0.05) is 0 Å². The first-order valence-corrected chi connectivity index (χ1v) is 6.33. The fraction of sp³-hybridized carbons (Fsp3) is 0.846. The van der Waals surface area contributed by atoms with Gasteiger partial charge in [-0.05, 0) is 38.5 Å². The molecule has 4 fully saturated rings. The quantitative estimate of drug-likeness (QED) is 0.583. The third kappa shape index (κ3) is 0.740. The van der Waals surface area contributed by atoms with Crippen LogP contribution in [0.2, 0.25) is 0 Å². The first kappa shape index (κ1) is 9.20. The molecular formula is C13H16O3. The first-order chi connectivity index (χ1) is 7.59. The van der Waals surface area contributed by atoms with Crippen LogP contribution in [0.25, 0.3) is 0 Å². The monoisotopic (exact) mass is 220 g/mol. The number of ketones is 1. The van der Waals surface area contributed by atoms with Crippen molar-refractivity contribution in [2.45, 2.75) is 45.1 Å². The number of carbonyl (C=O) groups is 2. The molecule has 1 heterocycles. The van der Waals surface area contributed by atoms with Crippen LogP contribution in [0.4, 0.5) is 0 Å². The Hall–Kier alpha value is -0.860. The minimum Gasteiger partial charge on any atom is -0.462 e. The molecule has 0 unspecified atom stereocenters. The minimum atomic E-state index is -0.353. The summed E-state index contributed by atoms with van der Waals surface area (Å²) in [6.07, 6.45) is 4.42. The number of Topliss-reactive ketones (excluding diaryl/α,β-unsaturated/α-hetero) is 1. The summed E-state index contributed by atoms with van der Waals surface area (Å²) in [6, 6.07) is 0. The molecule has 3 aliphatic carbocycles. The van der Waals surface area contributed by atoms with E-state index in [2.05, 4.69) is 0 Å². The van der Waals surface area contributed by atoms with Gasteiger partial charge >= 0.3 is 5.97 Å². The maximum absolute atomic E-state index is 12.2. The van der Waals surface area contributed by atoms with E-state index in [0.29, 0.717) is 18.1 Å². The summed E-state index contributed by atoms with van der Waals surface area (Å²) in [7, 11) is 0. The van der Waals surface area contributed by atoms with Gasteiger partial charge in [0.1, 0.15) is 11.9 Å². The van der Waals surface area contributed by atoms with E-state index in [9.17, 15) is 9.59 Å². The lowest BCUT2D eigenvalue weighted by Crippen LogP contribution is -2.48. The lowest BCUT2D eigenvalue weighted by Gasteiger charge is -2.42. The molecule has 3 heteroatoms. The average Bonchev–Trinajstić information content (AvgIpc) is 2.91. The number of rotatable bonds is 0. The van der Waals surface area contributed by atoms with Crippen molar-refractivity contribution in [3.8, 4) is 0 Å². The van der Waals surface area contributed by atoms with Gasteiger partial charge in [0.25, 0.3) is 0 Å². The summed E-state index contributed by atoms with van der Waals surface area (Å²) >= 11 is 0. The lowest BCUT2D eigenvalue weighted by molar-refractivity contribution is -0.148. The summed E-state index contributed by atoms with van der Waals surface area (Å²) in [5, 5.41) is 0. The van der Waals surface area contributed by atoms with E-state index in [0.717, 1.165) is 25.7 Å². The highest BCUT2D eigenvalue weighted by atomic mass is 16.6. The van der Waals surface area contributed by atoms with Gasteiger partial charge in [-0.25, -0.2) is 0 Å². The summed E-state index contributed by atoms with van der Waals surface area (Å²) in [5.41, 5.74) is -0.490. The van der Waals surface area contributed by atoms with Crippen molar-refractivity contribution >= 4 is 11.8 Å². The summed E-state index contributed by atoms with van der Waals surface area (Å²) in [5.74, 6) is 1.15. The molecule has 0 aromatic carbocycles. The molecule has 1 saturated heterocycles. The van der Waals surface area contributed by atoms with Gasteiger partial charge < -0.3 is 4.74 Å². The van der Waals surface area contributed by atoms with E-state index in [1.807, 2.05) is 6.92 Å². The van der Waals surface area contributed by atoms with Crippen LogP contribution in [0.3, 0.4) is 0 Å². The van der Waals surface area contributed by atoms with Crippen LogP contribution >= 0.6 is 0 Å². The third-order valence-electron chi connectivity index (χ3n) is 5.68. The van der Waals surface area contributed by atoms with E-state index in [4.69, 9.17) is 4.74 Å². The van der Waals surface area contributed by atoms with Crippen molar-refractivity contribution in [3.63, 3.8) is 0 Å². The summed E-state index contributed by atoms with van der Waals surface area (Å²) in [6.45, 7) is 2.02. The zero-order valence-electron chi connectivity index (χ0n) is 9.49. The van der Waals surface area contributed by atoms with Crippen molar-refractivity contribution in [2.75, 3.05) is 0 Å². The van der Waals surface area contributed by atoms with Gasteiger partial charge in [0.05, 0.1) is 5.41 Å². The number of ether oxygens (including phenoxy) is 1. The van der Waals surface area contributed by atoms with E-state index >= 15 is 0 Å². The van der Waals surface area contributed by atoms with E-state index < -0.39 is 0 Å². The second kappa shape index (κ2) is 2.36. The van der Waals surface area contributed by atoms with Gasteiger partial charge in [-0.2, -0.15) is 0 Å². The zero-order chi connectivity index (χ0) is 11.1. The van der Waals surface area contributed by atoms with Gasteiger partial charge in [0, 0.05) is 17.8 Å². The van der Waals surface area contributed by atoms with Crippen LogP contribution in [-0.4, -0.2) is 17.9 Å². The largest absolute Gasteiger partial charge is 0.462 e. The fourth-order valence-electron chi connectivity index (χ4n) is 4.85. The summed E-state index contributed by atoms with van der Waals surface area (Å²) in [4.78, 5) is 24.2. The van der Waals surface area contributed by atoms with Crippen molar-refractivity contribution in [1.82, 2.24) is 0 Å². The van der Waals surface area contributed by atoms with Crippen LogP contribution < -0.4 is 0 Å². The second-order valence-electron chi connectivity index (χ2n) is 6.28. The third-order valence-corrected chi connectivity index (χ3v) is 5.68. The molecule has 86 valence electrons. The minimum absolute atomic E-state index is 0.0399. The highest BCUT2D eigenvalue weighted by Gasteiger charge is 2.76. The average molecular weight is 220 g/mol. The highest BCUT2D eigenvalue weighted by molar-refractivity contribution is 5.93. The van der Waals surface area contributed by atoms with Gasteiger partial charge in [0.15, 0.2) is 0 Å². The topological polar surface area (TPSA) is 43.4 Å². The van der Waals surface area contributed by atoms with Crippen LogP contribution in [0.1, 0.15) is 39.0 Å². The maximum atomic E-state index is 12.2. The van der Waals surface area contributed by atoms with Crippen molar-refractivity contribution in [1.29, 1.82) is 0 Å². The number of esters is 1. The highest BCUT2D eigenvalue weighted by Crippen LogP contribution is 2.74. The second-order valence-corrected chi connectivity index (χ2v) is 6.28. The van der Waals surface area contributed by atoms with Crippen LogP contribution in [-0.2, 0) is 14.3 Å². The molecule has 0 aromatic rings. The van der Waals surface area contributed by atoms with Crippen molar-refractivity contribution in [2.24, 2.45) is 22.7 Å². The van der Waals surface area contributed by atoms with E-state index in [1.54, 1.807) is 0 Å². The molecule has 4 rings (SSSR count). The molecule has 0 N–H and O–H groups in total. The van der Waals surface area contributed by atoms with E-state index in [-0.39, 0.29) is 28.8 Å². The summed E-state index contributed by atoms with van der Waals surface area (Å²) < 4.78 is 5.53. The van der Waals surface area contributed by atoms with Crippen LogP contribution in [0.15, 0.2) is 0 Å². The van der Waals surface area contributed by atoms with E-state index in [1.165, 1.54) is 0 Å². The van der Waals surface area contributed by atoms with Gasteiger partial charge in [-0.3, -0.25) is 9.59 Å². The smallest absolute Gasteiger partial charge is 0.312 e. The Morgan fingerprint density at radius 1 is 1.31 bits per heavy atom. The Morgan fingerprint density at radius 2 is 2.12 bits per heavy atom. The fourth-order valence-corrected chi connectivity index (χ4v) is 4.85. The van der Waals surface area contributed by atoms with Crippen molar-refractivity contribution < 1.29 is 14.3 Å². The molecule has 1 spiro atoms. The Balaban J connectivity index is 1.88. The molecular weight excluding hydrogens is 204 g/mol. The van der Waals surface area contributed by atoms with Crippen LogP contribution in [0.5, 0.6) is 0 Å². The molecule has 5 atom stereocenters. The molecule has 16 heavy (non-hydrogen) atoms. The predicted octanol–water partition coefficient (Wildman–Crippen LogP) is 1.70. The predicted molar refractivity (Wildman–Crippen MR) is 55.5 cm³/mol. The first-order valence-electron chi connectivity index (χ1n) is 6.33. The Bertz CT molecular complexity index is 413. The van der Waals surface area contributed by atoms with Crippen LogP contribution in [0, 0.1) is 22.7 Å². The molecule has 3 saturated carbocycles. The molecule has 0 amide bonds. The number of carbonyl (C=O) groups excluding carboxylic acids is 2. The molecule has 0 bridgehead atoms. The number of hydrogen-bond acceptors (Lipinski definition) is 3. The molecule has 0 radical (unpaired) electrons. The zero-order valence-corrected chi connectivity index (χ0v) is 9.49. The normalized spacial score (nSPS) is 57.7. The standard InChI is InChI=1S/C13H16O3/c1-12-5-4-7-6-13(7)9(14)3-2-8(10(12)13)16-11(12)15/h7-8,10H,2-6H2,1H3/t7-,8-,10+,12+,13+/m1/s1. The molecule has 3 nitrogen and oxygen atoms in total. The van der Waals surface area contributed by atoms with Crippen molar-refractivity contribution in [3.05, 3.63) is 0 Å². The SMILES string of the molecule is C[C@@]12CC[C@@H]3C[C@@]34C(=O)CC[C@@H](OC1=O)[C@H]42. The molecule has 1 aliphatic heterocycles. The van der Waals surface area contributed by atoms with Gasteiger partial charge in [-0.15, -0.1) is 0 Å². The Labute approximate surface area is 94.5 Å².